The summed E-state index contributed by atoms with van der Waals surface area (Å²) < 4.78 is 16.0. The molecule has 0 aliphatic carbocycles. The largest absolute Gasteiger partial charge is 0.325 e. The minimum Gasteiger partial charge on any atom is -0.325 e. The maximum Gasteiger partial charge on any atom is 0.259 e. The molecular formula is C22H30FN5O2. The minimum absolute atomic E-state index is 0.0202. The van der Waals surface area contributed by atoms with Crippen molar-refractivity contribution in [2.75, 3.05) is 23.7 Å². The summed E-state index contributed by atoms with van der Waals surface area (Å²) in [6.45, 7) is 7.89. The standard InChI is InChI=1S/C22H30FN5O2/c1-4-10-28-16(3)18(13-24-28)22(30)26-20-12-17(8-9-19(20)23)25-21(29)14-27-11-6-5-7-15(27)2/h8-9,12-13,15H,4-7,10-11,14H2,1-3H3,(H,25,29)(H,26,30). The van der Waals surface area contributed by atoms with Gasteiger partial charge in [0, 0.05) is 24.0 Å². The van der Waals surface area contributed by atoms with Gasteiger partial charge in [-0.3, -0.25) is 19.2 Å². The summed E-state index contributed by atoms with van der Waals surface area (Å²) in [5.74, 6) is -1.15. The minimum atomic E-state index is -0.565. The Hall–Kier alpha value is -2.74. The summed E-state index contributed by atoms with van der Waals surface area (Å²) in [6, 6.07) is 4.55. The smallest absolute Gasteiger partial charge is 0.259 e. The molecule has 8 heteroatoms. The Morgan fingerprint density at radius 3 is 2.80 bits per heavy atom. The predicted molar refractivity (Wildman–Crippen MR) is 115 cm³/mol. The van der Waals surface area contributed by atoms with Crippen LogP contribution in [0.2, 0.25) is 0 Å². The van der Waals surface area contributed by atoms with Crippen LogP contribution in [0, 0.1) is 12.7 Å². The first-order valence-corrected chi connectivity index (χ1v) is 10.6. The summed E-state index contributed by atoms with van der Waals surface area (Å²) in [4.78, 5) is 27.2. The zero-order valence-corrected chi connectivity index (χ0v) is 17.9. The average molecular weight is 416 g/mol. The third-order valence-corrected chi connectivity index (χ3v) is 5.57. The summed E-state index contributed by atoms with van der Waals surface area (Å²) in [7, 11) is 0. The highest BCUT2D eigenvalue weighted by atomic mass is 19.1. The van der Waals surface area contributed by atoms with E-state index in [-0.39, 0.29) is 11.6 Å². The first-order valence-electron chi connectivity index (χ1n) is 10.6. The molecule has 1 saturated heterocycles. The molecule has 1 fully saturated rings. The Bertz CT molecular complexity index is 911. The van der Waals surface area contributed by atoms with Crippen LogP contribution in [0.5, 0.6) is 0 Å². The molecule has 7 nitrogen and oxygen atoms in total. The molecule has 30 heavy (non-hydrogen) atoms. The van der Waals surface area contributed by atoms with Crippen molar-refractivity contribution in [2.45, 2.75) is 59.0 Å². The SMILES string of the molecule is CCCn1ncc(C(=O)Nc2cc(NC(=O)CN3CCCCC3C)ccc2F)c1C. The third-order valence-electron chi connectivity index (χ3n) is 5.57. The van der Waals surface area contributed by atoms with Gasteiger partial charge < -0.3 is 10.6 Å². The lowest BCUT2D eigenvalue weighted by atomic mass is 10.0. The van der Waals surface area contributed by atoms with Crippen molar-refractivity contribution in [1.82, 2.24) is 14.7 Å². The van der Waals surface area contributed by atoms with Crippen LogP contribution in [0.3, 0.4) is 0 Å². The highest BCUT2D eigenvalue weighted by Crippen LogP contribution is 2.22. The van der Waals surface area contributed by atoms with Gasteiger partial charge in [-0.15, -0.1) is 0 Å². The molecule has 2 amide bonds. The molecule has 162 valence electrons. The number of hydrogen-bond acceptors (Lipinski definition) is 4. The predicted octanol–water partition coefficient (Wildman–Crippen LogP) is 3.81. The lowest BCUT2D eigenvalue weighted by Gasteiger charge is -2.32. The van der Waals surface area contributed by atoms with Crippen molar-refractivity contribution in [2.24, 2.45) is 0 Å². The molecule has 1 aromatic carbocycles. The molecule has 1 aliphatic heterocycles. The lowest BCUT2D eigenvalue weighted by Crippen LogP contribution is -2.42. The number of likely N-dealkylation sites (tertiary alicyclic amines) is 1. The molecular weight excluding hydrogens is 385 g/mol. The van der Waals surface area contributed by atoms with E-state index < -0.39 is 11.7 Å². The molecule has 0 saturated carbocycles. The number of piperidine rings is 1. The fourth-order valence-corrected chi connectivity index (χ4v) is 3.77. The van der Waals surface area contributed by atoms with Crippen molar-refractivity contribution < 1.29 is 14.0 Å². The zero-order chi connectivity index (χ0) is 21.7. The van der Waals surface area contributed by atoms with Crippen LogP contribution in [0.4, 0.5) is 15.8 Å². The zero-order valence-electron chi connectivity index (χ0n) is 17.9. The fraction of sp³-hybridized carbons (Fsp3) is 0.500. The molecule has 1 atom stereocenters. The number of halogens is 1. The van der Waals surface area contributed by atoms with Gasteiger partial charge in [-0.25, -0.2) is 4.39 Å². The van der Waals surface area contributed by atoms with Crippen molar-refractivity contribution in [3.05, 3.63) is 41.5 Å². The number of benzene rings is 1. The van der Waals surface area contributed by atoms with E-state index in [0.717, 1.165) is 31.5 Å². The Morgan fingerprint density at radius 2 is 2.07 bits per heavy atom. The number of nitrogens with zero attached hydrogens (tertiary/aromatic N) is 3. The second-order valence-electron chi connectivity index (χ2n) is 7.88. The Labute approximate surface area is 176 Å². The van der Waals surface area contributed by atoms with Gasteiger partial charge in [-0.2, -0.15) is 5.10 Å². The van der Waals surface area contributed by atoms with Gasteiger partial charge in [-0.05, 0) is 57.9 Å². The van der Waals surface area contributed by atoms with Crippen LogP contribution in [-0.2, 0) is 11.3 Å². The van der Waals surface area contributed by atoms with Crippen LogP contribution in [0.25, 0.3) is 0 Å². The highest BCUT2D eigenvalue weighted by Gasteiger charge is 2.21. The van der Waals surface area contributed by atoms with Crippen LogP contribution < -0.4 is 10.6 Å². The Kier molecular flexibility index (Phi) is 7.20. The van der Waals surface area contributed by atoms with Gasteiger partial charge in [0.1, 0.15) is 5.82 Å². The van der Waals surface area contributed by atoms with Gasteiger partial charge >= 0.3 is 0 Å². The van der Waals surface area contributed by atoms with Crippen LogP contribution in [0.1, 0.15) is 55.6 Å². The van der Waals surface area contributed by atoms with E-state index >= 15 is 0 Å². The quantitative estimate of drug-likeness (QED) is 0.721. The average Bonchev–Trinajstić information content (AvgIpc) is 3.07. The molecule has 1 unspecified atom stereocenters. The van der Waals surface area contributed by atoms with Crippen molar-refractivity contribution in [1.29, 1.82) is 0 Å². The summed E-state index contributed by atoms with van der Waals surface area (Å²) in [5, 5.41) is 9.61. The molecule has 0 bridgehead atoms. The number of nitrogens with one attached hydrogen (secondary N) is 2. The number of carbonyl (C=O) groups is 2. The first-order chi connectivity index (χ1) is 14.4. The second kappa shape index (κ2) is 9.84. The molecule has 2 aromatic rings. The van der Waals surface area contributed by atoms with Gasteiger partial charge in [0.05, 0.1) is 24.0 Å². The van der Waals surface area contributed by atoms with E-state index in [2.05, 4.69) is 27.6 Å². The number of hydrogen-bond donors (Lipinski definition) is 2. The maximum atomic E-state index is 14.3. The lowest BCUT2D eigenvalue weighted by molar-refractivity contribution is -0.118. The Morgan fingerprint density at radius 1 is 1.27 bits per heavy atom. The van der Waals surface area contributed by atoms with Crippen LogP contribution in [-0.4, -0.2) is 45.6 Å². The van der Waals surface area contributed by atoms with Crippen molar-refractivity contribution in [3.8, 4) is 0 Å². The normalized spacial score (nSPS) is 17.0. The highest BCUT2D eigenvalue weighted by molar-refractivity contribution is 6.05. The Balaban J connectivity index is 1.66. The molecule has 1 aliphatic rings. The maximum absolute atomic E-state index is 14.3. The van der Waals surface area contributed by atoms with Gasteiger partial charge in [0.2, 0.25) is 5.91 Å². The van der Waals surface area contributed by atoms with E-state index in [0.29, 0.717) is 30.4 Å². The first kappa shape index (κ1) is 22.0. The number of carbonyl (C=O) groups excluding carboxylic acids is 2. The van der Waals surface area contributed by atoms with E-state index in [1.165, 1.54) is 30.8 Å². The summed E-state index contributed by atoms with van der Waals surface area (Å²) >= 11 is 0. The molecule has 1 aromatic heterocycles. The van der Waals surface area contributed by atoms with E-state index in [1.807, 2.05) is 13.8 Å². The monoisotopic (exact) mass is 415 g/mol. The molecule has 2 heterocycles. The summed E-state index contributed by atoms with van der Waals surface area (Å²) in [5.41, 5.74) is 1.60. The summed E-state index contributed by atoms with van der Waals surface area (Å²) in [6.07, 6.45) is 5.77. The number of aryl methyl sites for hydroxylation is 1. The van der Waals surface area contributed by atoms with E-state index in [9.17, 15) is 14.0 Å². The van der Waals surface area contributed by atoms with Gasteiger partial charge in [-0.1, -0.05) is 13.3 Å². The van der Waals surface area contributed by atoms with Crippen molar-refractivity contribution in [3.63, 3.8) is 0 Å². The number of amides is 2. The van der Waals surface area contributed by atoms with E-state index in [1.54, 1.807) is 4.68 Å². The van der Waals surface area contributed by atoms with Crippen LogP contribution >= 0.6 is 0 Å². The number of rotatable bonds is 7. The van der Waals surface area contributed by atoms with Crippen LogP contribution in [0.15, 0.2) is 24.4 Å². The number of anilines is 2. The van der Waals surface area contributed by atoms with Gasteiger partial charge in [0.25, 0.3) is 5.91 Å². The molecule has 2 N–H and O–H groups in total. The second-order valence-corrected chi connectivity index (χ2v) is 7.88. The van der Waals surface area contributed by atoms with Gasteiger partial charge in [0.15, 0.2) is 0 Å². The molecule has 0 spiro atoms. The number of aromatic nitrogens is 2. The van der Waals surface area contributed by atoms with Crippen molar-refractivity contribution >= 4 is 23.2 Å². The molecule has 0 radical (unpaired) electrons. The molecule has 3 rings (SSSR count). The topological polar surface area (TPSA) is 79.3 Å². The van der Waals surface area contributed by atoms with E-state index in [4.69, 9.17) is 0 Å². The third kappa shape index (κ3) is 5.24. The fourth-order valence-electron chi connectivity index (χ4n) is 3.77.